The maximum atomic E-state index is 15.5. The molecule has 1 saturated heterocycles. The van der Waals surface area contributed by atoms with Crippen molar-refractivity contribution < 1.29 is 19.0 Å². The molecule has 1 fully saturated rings. The number of likely N-dealkylation sites (tertiary alicyclic amines) is 1. The Morgan fingerprint density at radius 3 is 2.89 bits per heavy atom. The minimum absolute atomic E-state index is 0.0566. The fraction of sp³-hybridized carbons (Fsp3) is 0.379. The molecule has 37 heavy (non-hydrogen) atoms. The van der Waals surface area contributed by atoms with E-state index >= 15 is 4.39 Å². The number of rotatable bonds is 8. The van der Waals surface area contributed by atoms with Crippen molar-refractivity contribution in [3.8, 4) is 17.6 Å². The number of carboxylic acid groups (broad SMARTS) is 1. The summed E-state index contributed by atoms with van der Waals surface area (Å²) >= 11 is 12.3. The highest BCUT2D eigenvalue weighted by Crippen LogP contribution is 2.36. The van der Waals surface area contributed by atoms with Crippen LogP contribution in [0.15, 0.2) is 48.7 Å². The Balaban J connectivity index is 1.40. The lowest BCUT2D eigenvalue weighted by atomic mass is 9.79. The number of carboxylic acids is 1. The Kier molecular flexibility index (Phi) is 9.26. The van der Waals surface area contributed by atoms with Gasteiger partial charge in [0, 0.05) is 30.1 Å². The number of carbonyl (C=O) groups is 1. The van der Waals surface area contributed by atoms with Gasteiger partial charge in [-0.15, -0.1) is 0 Å². The summed E-state index contributed by atoms with van der Waals surface area (Å²) in [7, 11) is 1.58. The number of hydrogen-bond donors (Lipinski definition) is 1. The van der Waals surface area contributed by atoms with E-state index in [1.54, 1.807) is 31.5 Å². The van der Waals surface area contributed by atoms with Crippen LogP contribution in [0.25, 0.3) is 10.9 Å². The topological polar surface area (TPSA) is 62.7 Å². The molecule has 8 heteroatoms. The first-order valence-electron chi connectivity index (χ1n) is 12.3. The lowest BCUT2D eigenvalue weighted by molar-refractivity contribution is -0.139. The number of ether oxygens (including phenoxy) is 1. The lowest BCUT2D eigenvalue weighted by Crippen LogP contribution is -2.41. The van der Waals surface area contributed by atoms with Crippen molar-refractivity contribution in [3.63, 3.8) is 0 Å². The van der Waals surface area contributed by atoms with Crippen molar-refractivity contribution in [1.29, 1.82) is 0 Å². The van der Waals surface area contributed by atoms with E-state index in [4.69, 9.17) is 27.9 Å². The number of hydrogen-bond acceptors (Lipinski definition) is 4. The second-order valence-corrected chi connectivity index (χ2v) is 10.2. The standard InChI is InChI=1S/C29H29Cl2FN2O3/c1-37-22-8-10-27-24(17-22)23(11-13-33-27)26(32)9-7-19-12-15-34(18-21(19)16-28(35)36)14-3-5-20-4-2-6-25(30)29(20)31/h2,4,6,8,10-11,13,17,19,21,26H,7,9,12,14-16,18H2,1H3,(H,35,36)/t19-,21+,26+/m1/s1. The van der Waals surface area contributed by atoms with Gasteiger partial charge in [-0.3, -0.25) is 14.7 Å². The first-order chi connectivity index (χ1) is 17.9. The molecule has 1 aliphatic rings. The van der Waals surface area contributed by atoms with Gasteiger partial charge >= 0.3 is 5.97 Å². The second kappa shape index (κ2) is 12.6. The molecular weight excluding hydrogens is 514 g/mol. The van der Waals surface area contributed by atoms with Crippen molar-refractivity contribution in [1.82, 2.24) is 9.88 Å². The van der Waals surface area contributed by atoms with Crippen molar-refractivity contribution in [2.45, 2.75) is 31.9 Å². The van der Waals surface area contributed by atoms with E-state index in [9.17, 15) is 9.90 Å². The first-order valence-corrected chi connectivity index (χ1v) is 13.0. The number of alkyl halides is 1. The van der Waals surface area contributed by atoms with E-state index in [1.165, 1.54) is 0 Å². The molecule has 0 spiro atoms. The third-order valence-electron chi connectivity index (χ3n) is 7.00. The molecule has 4 rings (SSSR count). The summed E-state index contributed by atoms with van der Waals surface area (Å²) in [6, 6.07) is 12.5. The normalized spacial score (nSPS) is 18.7. The largest absolute Gasteiger partial charge is 0.497 e. The predicted molar refractivity (Wildman–Crippen MR) is 145 cm³/mol. The average Bonchev–Trinajstić information content (AvgIpc) is 2.89. The van der Waals surface area contributed by atoms with Crippen molar-refractivity contribution >= 4 is 40.1 Å². The van der Waals surface area contributed by atoms with E-state index in [-0.39, 0.29) is 18.3 Å². The lowest BCUT2D eigenvalue weighted by Gasteiger charge is -2.37. The Labute approximate surface area is 226 Å². The van der Waals surface area contributed by atoms with Gasteiger partial charge in [0.15, 0.2) is 0 Å². The zero-order chi connectivity index (χ0) is 26.4. The molecule has 0 aliphatic carbocycles. The number of aromatic nitrogens is 1. The number of nitrogens with zero attached hydrogens (tertiary/aromatic N) is 2. The van der Waals surface area contributed by atoms with Crippen LogP contribution in [0.3, 0.4) is 0 Å². The van der Waals surface area contributed by atoms with Crippen molar-refractivity contribution in [2.75, 3.05) is 26.7 Å². The van der Waals surface area contributed by atoms with Crippen LogP contribution in [-0.2, 0) is 4.79 Å². The molecule has 194 valence electrons. The highest BCUT2D eigenvalue weighted by molar-refractivity contribution is 6.42. The molecule has 3 aromatic rings. The van der Waals surface area contributed by atoms with Gasteiger partial charge in [0.1, 0.15) is 11.9 Å². The van der Waals surface area contributed by atoms with Crippen LogP contribution >= 0.6 is 23.2 Å². The fourth-order valence-electron chi connectivity index (χ4n) is 5.04. The first kappa shape index (κ1) is 27.2. The summed E-state index contributed by atoms with van der Waals surface area (Å²) < 4.78 is 20.8. The average molecular weight is 543 g/mol. The molecule has 1 N–H and O–H groups in total. The Bertz CT molecular complexity index is 1320. The van der Waals surface area contributed by atoms with Gasteiger partial charge in [-0.1, -0.05) is 41.1 Å². The number of piperidine rings is 1. The zero-order valence-corrected chi connectivity index (χ0v) is 22.1. The van der Waals surface area contributed by atoms with Crippen LogP contribution < -0.4 is 4.74 Å². The molecule has 0 unspecified atom stereocenters. The van der Waals surface area contributed by atoms with Gasteiger partial charge in [0.05, 0.1) is 29.2 Å². The second-order valence-electron chi connectivity index (χ2n) is 9.37. The smallest absolute Gasteiger partial charge is 0.303 e. The SMILES string of the molecule is COc1ccc2nccc([C@@H](F)CC[C@@H]3CCN(CC#Cc4cccc(Cl)c4Cl)C[C@@H]3CC(=O)O)c2c1. The monoisotopic (exact) mass is 542 g/mol. The summed E-state index contributed by atoms with van der Waals surface area (Å²) in [6.45, 7) is 1.90. The highest BCUT2D eigenvalue weighted by atomic mass is 35.5. The molecular formula is C29H29Cl2FN2O3. The van der Waals surface area contributed by atoms with Crippen LogP contribution in [-0.4, -0.2) is 47.7 Å². The quantitative estimate of drug-likeness (QED) is 0.317. The summed E-state index contributed by atoms with van der Waals surface area (Å²) in [6.07, 6.45) is 2.25. The Morgan fingerprint density at radius 2 is 2.11 bits per heavy atom. The van der Waals surface area contributed by atoms with E-state index in [0.717, 1.165) is 23.9 Å². The van der Waals surface area contributed by atoms with Gasteiger partial charge in [-0.25, -0.2) is 4.39 Å². The number of aliphatic carboxylic acids is 1. The van der Waals surface area contributed by atoms with E-state index in [0.29, 0.717) is 52.9 Å². The molecule has 0 bridgehead atoms. The van der Waals surface area contributed by atoms with Gasteiger partial charge in [0.2, 0.25) is 0 Å². The van der Waals surface area contributed by atoms with Crippen LogP contribution in [0, 0.1) is 23.7 Å². The molecule has 2 aromatic carbocycles. The number of halogens is 3. The Morgan fingerprint density at radius 1 is 1.27 bits per heavy atom. The van der Waals surface area contributed by atoms with E-state index < -0.39 is 12.1 Å². The van der Waals surface area contributed by atoms with Gasteiger partial charge < -0.3 is 9.84 Å². The molecule has 5 nitrogen and oxygen atoms in total. The summed E-state index contributed by atoms with van der Waals surface area (Å²) in [5.41, 5.74) is 1.98. The number of methoxy groups -OCH3 is 1. The predicted octanol–water partition coefficient (Wildman–Crippen LogP) is 6.81. The third kappa shape index (κ3) is 6.93. The molecule has 0 amide bonds. The molecule has 1 aromatic heterocycles. The molecule has 0 radical (unpaired) electrons. The number of pyridine rings is 1. The third-order valence-corrected chi connectivity index (χ3v) is 7.82. The minimum atomic E-state index is -1.17. The summed E-state index contributed by atoms with van der Waals surface area (Å²) in [5.74, 6) is 6.08. The Hall–Kier alpha value is -2.85. The zero-order valence-electron chi connectivity index (χ0n) is 20.6. The van der Waals surface area contributed by atoms with Gasteiger partial charge in [-0.2, -0.15) is 0 Å². The van der Waals surface area contributed by atoms with Gasteiger partial charge in [-0.05, 0) is 79.6 Å². The fourth-order valence-corrected chi connectivity index (χ4v) is 5.39. The number of fused-ring (bicyclic) bond motifs is 1. The van der Waals surface area contributed by atoms with Crippen LogP contribution in [0.4, 0.5) is 4.39 Å². The van der Waals surface area contributed by atoms with E-state index in [1.807, 2.05) is 24.3 Å². The number of benzene rings is 2. The molecule has 2 heterocycles. The van der Waals surface area contributed by atoms with Gasteiger partial charge in [0.25, 0.3) is 0 Å². The maximum Gasteiger partial charge on any atom is 0.303 e. The minimum Gasteiger partial charge on any atom is -0.497 e. The van der Waals surface area contributed by atoms with E-state index in [2.05, 4.69) is 21.7 Å². The van der Waals surface area contributed by atoms with Crippen LogP contribution in [0.2, 0.25) is 10.0 Å². The summed E-state index contributed by atoms with van der Waals surface area (Å²) in [5, 5.41) is 11.1. The van der Waals surface area contributed by atoms with Crippen LogP contribution in [0.1, 0.15) is 43.0 Å². The maximum absolute atomic E-state index is 15.5. The van der Waals surface area contributed by atoms with Crippen LogP contribution in [0.5, 0.6) is 5.75 Å². The van der Waals surface area contributed by atoms with Crippen molar-refractivity contribution in [2.24, 2.45) is 11.8 Å². The summed E-state index contributed by atoms with van der Waals surface area (Å²) in [4.78, 5) is 18.1. The molecule has 3 atom stereocenters. The van der Waals surface area contributed by atoms with Crippen molar-refractivity contribution in [3.05, 3.63) is 69.8 Å². The molecule has 0 saturated carbocycles. The highest BCUT2D eigenvalue weighted by Gasteiger charge is 2.31. The molecule has 1 aliphatic heterocycles.